The summed E-state index contributed by atoms with van der Waals surface area (Å²) in [5, 5.41) is 10.4. The summed E-state index contributed by atoms with van der Waals surface area (Å²) >= 11 is 1.89. The van der Waals surface area contributed by atoms with Gasteiger partial charge >= 0.3 is 12.1 Å². The van der Waals surface area contributed by atoms with E-state index in [4.69, 9.17) is 9.47 Å². The van der Waals surface area contributed by atoms with Gasteiger partial charge in [-0.25, -0.2) is 9.59 Å². The van der Waals surface area contributed by atoms with Gasteiger partial charge in [0.25, 0.3) is 0 Å². The van der Waals surface area contributed by atoms with Gasteiger partial charge in [0.15, 0.2) is 0 Å². The minimum Gasteiger partial charge on any atom is -0.458 e. The van der Waals surface area contributed by atoms with Crippen LogP contribution < -0.4 is 21.3 Å². The van der Waals surface area contributed by atoms with Crippen molar-refractivity contribution in [3.05, 3.63) is 0 Å². The van der Waals surface area contributed by atoms with E-state index >= 15 is 0 Å². The summed E-state index contributed by atoms with van der Waals surface area (Å²) < 4.78 is 10.6. The van der Waals surface area contributed by atoms with Crippen LogP contribution in [0.4, 0.5) is 4.79 Å². The molecule has 0 saturated carbocycles. The number of halogens is 1. The SMILES string of the molecule is C[C@@H](NC(=O)[C@H](CCCCNC(=O)OC(C)(C)C)NC(=O)CI)C(=O)N[C@H](C)C(=O)OC(C)(C)C. The van der Waals surface area contributed by atoms with Crippen LogP contribution in [0.25, 0.3) is 0 Å². The number of rotatable bonds is 12. The molecule has 202 valence electrons. The van der Waals surface area contributed by atoms with Crippen LogP contribution in [0.3, 0.4) is 0 Å². The molecule has 4 amide bonds. The van der Waals surface area contributed by atoms with Crippen LogP contribution in [0.5, 0.6) is 0 Å². The van der Waals surface area contributed by atoms with Gasteiger partial charge in [-0.15, -0.1) is 0 Å². The fraction of sp³-hybridized carbons (Fsp3) is 0.783. The summed E-state index contributed by atoms with van der Waals surface area (Å²) in [5.41, 5.74) is -1.28. The van der Waals surface area contributed by atoms with E-state index in [1.807, 2.05) is 22.6 Å². The average molecular weight is 613 g/mol. The summed E-state index contributed by atoms with van der Waals surface area (Å²) in [6.45, 7) is 13.8. The molecule has 4 N–H and O–H groups in total. The predicted octanol–water partition coefficient (Wildman–Crippen LogP) is 1.95. The topological polar surface area (TPSA) is 152 Å². The van der Waals surface area contributed by atoms with Gasteiger partial charge in [-0.1, -0.05) is 22.6 Å². The Morgan fingerprint density at radius 2 is 1.31 bits per heavy atom. The number of esters is 1. The fourth-order valence-electron chi connectivity index (χ4n) is 2.65. The van der Waals surface area contributed by atoms with Crippen LogP contribution in [0, 0.1) is 0 Å². The second-order valence-corrected chi connectivity index (χ2v) is 10.9. The molecule has 0 unspecified atom stereocenters. The zero-order valence-corrected chi connectivity index (χ0v) is 24.2. The lowest BCUT2D eigenvalue weighted by Gasteiger charge is -2.24. The zero-order chi connectivity index (χ0) is 27.4. The maximum Gasteiger partial charge on any atom is 0.407 e. The van der Waals surface area contributed by atoms with E-state index in [1.54, 1.807) is 41.5 Å². The Balaban J connectivity index is 4.77. The van der Waals surface area contributed by atoms with Crippen molar-refractivity contribution >= 4 is 52.4 Å². The molecule has 0 heterocycles. The molecule has 0 rings (SSSR count). The van der Waals surface area contributed by atoms with Gasteiger partial charge in [0.2, 0.25) is 17.7 Å². The molecule has 0 aliphatic carbocycles. The lowest BCUT2D eigenvalue weighted by Crippen LogP contribution is -2.54. The Morgan fingerprint density at radius 1 is 0.771 bits per heavy atom. The first kappa shape index (κ1) is 32.9. The van der Waals surface area contributed by atoms with Gasteiger partial charge in [-0.2, -0.15) is 0 Å². The highest BCUT2D eigenvalue weighted by atomic mass is 127. The number of carbonyl (C=O) groups is 5. The lowest BCUT2D eigenvalue weighted by molar-refractivity contribution is -0.158. The summed E-state index contributed by atoms with van der Waals surface area (Å²) in [6.07, 6.45) is 0.885. The lowest BCUT2D eigenvalue weighted by atomic mass is 10.1. The van der Waals surface area contributed by atoms with Crippen LogP contribution >= 0.6 is 22.6 Å². The van der Waals surface area contributed by atoms with E-state index in [-0.39, 0.29) is 10.3 Å². The van der Waals surface area contributed by atoms with Crippen molar-refractivity contribution in [2.75, 3.05) is 11.0 Å². The largest absolute Gasteiger partial charge is 0.458 e. The predicted molar refractivity (Wildman–Crippen MR) is 140 cm³/mol. The molecular weight excluding hydrogens is 571 g/mol. The summed E-state index contributed by atoms with van der Waals surface area (Å²) in [6, 6.07) is -2.69. The number of hydrogen-bond acceptors (Lipinski definition) is 7. The summed E-state index contributed by atoms with van der Waals surface area (Å²) in [4.78, 5) is 60.9. The molecule has 0 bridgehead atoms. The van der Waals surface area contributed by atoms with Crippen LogP contribution in [0.1, 0.15) is 74.7 Å². The Morgan fingerprint density at radius 3 is 1.83 bits per heavy atom. The van der Waals surface area contributed by atoms with Gasteiger partial charge in [0.1, 0.15) is 29.3 Å². The molecule has 0 aromatic heterocycles. The van der Waals surface area contributed by atoms with E-state index in [0.717, 1.165) is 0 Å². The van der Waals surface area contributed by atoms with Gasteiger partial charge in [0.05, 0.1) is 4.43 Å². The molecule has 3 atom stereocenters. The first-order valence-corrected chi connectivity index (χ1v) is 13.1. The molecule has 12 heteroatoms. The monoisotopic (exact) mass is 612 g/mol. The number of hydrogen-bond donors (Lipinski definition) is 4. The third-order valence-electron chi connectivity index (χ3n) is 4.23. The maximum atomic E-state index is 12.8. The number of alkyl carbamates (subject to hydrolysis) is 1. The van der Waals surface area contributed by atoms with Crippen molar-refractivity contribution in [2.45, 2.75) is 104 Å². The molecule has 0 aliphatic rings. The van der Waals surface area contributed by atoms with E-state index < -0.39 is 53.2 Å². The van der Waals surface area contributed by atoms with Crippen LogP contribution in [-0.4, -0.2) is 70.1 Å². The number of nitrogens with one attached hydrogen (secondary N) is 4. The van der Waals surface area contributed by atoms with Gasteiger partial charge in [-0.05, 0) is 74.7 Å². The second kappa shape index (κ2) is 15.1. The first-order chi connectivity index (χ1) is 15.9. The van der Waals surface area contributed by atoms with Crippen molar-refractivity contribution in [1.82, 2.24) is 21.3 Å². The Bertz CT molecular complexity index is 747. The van der Waals surface area contributed by atoms with E-state index in [9.17, 15) is 24.0 Å². The van der Waals surface area contributed by atoms with E-state index in [1.165, 1.54) is 13.8 Å². The third kappa shape index (κ3) is 16.2. The molecule has 11 nitrogen and oxygen atoms in total. The molecule has 0 radical (unpaired) electrons. The van der Waals surface area contributed by atoms with Gasteiger partial charge < -0.3 is 30.7 Å². The molecule has 0 spiro atoms. The second-order valence-electron chi connectivity index (χ2n) is 10.2. The number of alkyl halides is 1. The van der Waals surface area contributed by atoms with Crippen LogP contribution in [0.15, 0.2) is 0 Å². The van der Waals surface area contributed by atoms with Gasteiger partial charge in [0, 0.05) is 6.54 Å². The molecular formula is C23H41IN4O7. The van der Waals surface area contributed by atoms with Crippen molar-refractivity contribution < 1.29 is 33.4 Å². The maximum absolute atomic E-state index is 12.8. The summed E-state index contributed by atoms with van der Waals surface area (Å²) in [7, 11) is 0. The normalized spacial score (nSPS) is 14.1. The molecule has 0 fully saturated rings. The average Bonchev–Trinajstić information content (AvgIpc) is 2.69. The molecule has 0 aromatic rings. The van der Waals surface area contributed by atoms with E-state index in [0.29, 0.717) is 25.8 Å². The Kier molecular flexibility index (Phi) is 14.2. The van der Waals surface area contributed by atoms with E-state index in [2.05, 4.69) is 21.3 Å². The number of amides is 4. The quantitative estimate of drug-likeness (QED) is 0.114. The first-order valence-electron chi connectivity index (χ1n) is 11.6. The molecule has 0 aliphatic heterocycles. The van der Waals surface area contributed by atoms with Crippen molar-refractivity contribution in [2.24, 2.45) is 0 Å². The Labute approximate surface area is 221 Å². The number of carbonyl (C=O) groups excluding carboxylic acids is 5. The highest BCUT2D eigenvalue weighted by molar-refractivity contribution is 14.1. The highest BCUT2D eigenvalue weighted by Gasteiger charge is 2.27. The van der Waals surface area contributed by atoms with Crippen molar-refractivity contribution in [3.63, 3.8) is 0 Å². The number of unbranched alkanes of at least 4 members (excludes halogenated alkanes) is 1. The van der Waals surface area contributed by atoms with Crippen molar-refractivity contribution in [1.29, 1.82) is 0 Å². The standard InChI is InChI=1S/C23H41IN4O7/c1-14(18(30)27-15(2)20(32)34-22(3,4)5)26-19(31)16(28-17(29)13-24)11-9-10-12-25-21(33)35-23(6,7)8/h14-16H,9-13H2,1-8H3,(H,25,33)(H,26,31)(H,27,30)(H,28,29)/t14-,15-,16+/m1/s1. The minimum atomic E-state index is -0.944. The molecule has 0 saturated heterocycles. The van der Waals surface area contributed by atoms with Crippen LogP contribution in [0.2, 0.25) is 0 Å². The van der Waals surface area contributed by atoms with Crippen molar-refractivity contribution in [3.8, 4) is 0 Å². The smallest absolute Gasteiger partial charge is 0.407 e. The highest BCUT2D eigenvalue weighted by Crippen LogP contribution is 2.09. The van der Waals surface area contributed by atoms with Crippen LogP contribution in [-0.2, 0) is 28.7 Å². The molecule has 0 aromatic carbocycles. The third-order valence-corrected chi connectivity index (χ3v) is 4.92. The molecule has 35 heavy (non-hydrogen) atoms. The fourth-order valence-corrected chi connectivity index (χ4v) is 2.87. The van der Waals surface area contributed by atoms with Gasteiger partial charge in [-0.3, -0.25) is 14.4 Å². The minimum absolute atomic E-state index is 0.172. The zero-order valence-electron chi connectivity index (χ0n) is 22.0. The summed E-state index contributed by atoms with van der Waals surface area (Å²) in [5.74, 6) is -1.97. The number of ether oxygens (including phenoxy) is 2. The Hall–Kier alpha value is -2.12.